The van der Waals surface area contributed by atoms with Crippen LogP contribution in [0.2, 0.25) is 0 Å². The average molecular weight is 291 g/mol. The largest absolute Gasteiger partial charge is 0.397 e. The van der Waals surface area contributed by atoms with Crippen LogP contribution in [0.3, 0.4) is 0 Å². The summed E-state index contributed by atoms with van der Waals surface area (Å²) in [6, 6.07) is 3.93. The topological polar surface area (TPSA) is 87.4 Å². The third-order valence-electron chi connectivity index (χ3n) is 3.96. The molecule has 0 bridgehead atoms. The van der Waals surface area contributed by atoms with E-state index >= 15 is 0 Å². The average Bonchev–Trinajstić information content (AvgIpc) is 2.38. The molecule has 21 heavy (non-hydrogen) atoms. The molecule has 5 nitrogen and oxygen atoms in total. The number of aliphatic hydroxyl groups excluding tert-OH is 1. The summed E-state index contributed by atoms with van der Waals surface area (Å²) in [5.41, 5.74) is 9.52. The summed E-state index contributed by atoms with van der Waals surface area (Å²) in [6.07, 6.45) is 1.88. The molecule has 2 rings (SSSR count). The second-order valence-corrected chi connectivity index (χ2v) is 6.72. The highest BCUT2D eigenvalue weighted by Gasteiger charge is 2.25. The fourth-order valence-electron chi connectivity index (χ4n) is 2.61. The van der Waals surface area contributed by atoms with Gasteiger partial charge in [0, 0.05) is 24.8 Å². The normalized spacial score (nSPS) is 16.1. The Balaban J connectivity index is 2.27. The molecular formula is C16H25N3O2. The van der Waals surface area contributed by atoms with Gasteiger partial charge in [-0.25, -0.2) is 0 Å². The van der Waals surface area contributed by atoms with Crippen LogP contribution in [0, 0.1) is 5.41 Å². The van der Waals surface area contributed by atoms with Gasteiger partial charge in [-0.2, -0.15) is 0 Å². The van der Waals surface area contributed by atoms with E-state index in [-0.39, 0.29) is 24.0 Å². The lowest BCUT2D eigenvalue weighted by atomic mass is 9.84. The Morgan fingerprint density at radius 3 is 2.71 bits per heavy atom. The number of amides is 1. The maximum atomic E-state index is 11.5. The Bertz CT molecular complexity index is 535. The highest BCUT2D eigenvalue weighted by Crippen LogP contribution is 2.34. The second kappa shape index (κ2) is 5.93. The van der Waals surface area contributed by atoms with Gasteiger partial charge in [-0.3, -0.25) is 4.79 Å². The first-order valence-electron chi connectivity index (χ1n) is 7.41. The summed E-state index contributed by atoms with van der Waals surface area (Å²) in [4.78, 5) is 11.5. The first-order chi connectivity index (χ1) is 9.81. The molecule has 0 saturated heterocycles. The first-order valence-corrected chi connectivity index (χ1v) is 7.41. The molecule has 1 amide bonds. The fourth-order valence-corrected chi connectivity index (χ4v) is 2.61. The lowest BCUT2D eigenvalue weighted by molar-refractivity contribution is -0.116. The van der Waals surface area contributed by atoms with Crippen molar-refractivity contribution in [2.75, 3.05) is 23.0 Å². The lowest BCUT2D eigenvalue weighted by Gasteiger charge is -2.33. The predicted molar refractivity (Wildman–Crippen MR) is 86.4 cm³/mol. The van der Waals surface area contributed by atoms with Crippen molar-refractivity contribution in [1.29, 1.82) is 0 Å². The third-order valence-corrected chi connectivity index (χ3v) is 3.96. The van der Waals surface area contributed by atoms with Gasteiger partial charge in [0.25, 0.3) is 0 Å². The number of nitrogen functional groups attached to an aromatic ring is 1. The van der Waals surface area contributed by atoms with Crippen LogP contribution in [0.15, 0.2) is 12.1 Å². The SMILES string of the molecule is CC(C)(C)C(CCO)Nc1cc2c(cc1N)CCC(=O)N2. The third kappa shape index (κ3) is 3.67. The molecular weight excluding hydrogens is 266 g/mol. The number of carbonyl (C=O) groups is 1. The Morgan fingerprint density at radius 2 is 2.10 bits per heavy atom. The van der Waals surface area contributed by atoms with Crippen molar-refractivity contribution in [1.82, 2.24) is 0 Å². The van der Waals surface area contributed by atoms with Gasteiger partial charge in [0.15, 0.2) is 0 Å². The van der Waals surface area contributed by atoms with Crippen LogP contribution in [0.1, 0.15) is 39.2 Å². The van der Waals surface area contributed by atoms with Crippen LogP contribution >= 0.6 is 0 Å². The van der Waals surface area contributed by atoms with E-state index in [0.29, 0.717) is 18.5 Å². The molecule has 116 valence electrons. The molecule has 0 radical (unpaired) electrons. The molecule has 1 aromatic rings. The van der Waals surface area contributed by atoms with Gasteiger partial charge in [0.2, 0.25) is 5.91 Å². The molecule has 5 heteroatoms. The summed E-state index contributed by atoms with van der Waals surface area (Å²) in [7, 11) is 0. The molecule has 0 saturated carbocycles. The molecule has 1 atom stereocenters. The van der Waals surface area contributed by atoms with Crippen LogP contribution in [-0.2, 0) is 11.2 Å². The van der Waals surface area contributed by atoms with Gasteiger partial charge in [-0.15, -0.1) is 0 Å². The van der Waals surface area contributed by atoms with Crippen molar-refractivity contribution in [2.24, 2.45) is 5.41 Å². The van der Waals surface area contributed by atoms with Crippen LogP contribution in [0.5, 0.6) is 0 Å². The number of aryl methyl sites for hydroxylation is 1. The van der Waals surface area contributed by atoms with Crippen LogP contribution in [0.4, 0.5) is 17.1 Å². The number of nitrogens with one attached hydrogen (secondary N) is 2. The number of benzene rings is 1. The summed E-state index contributed by atoms with van der Waals surface area (Å²) in [5.74, 6) is 0.0425. The molecule has 0 fully saturated rings. The zero-order chi connectivity index (χ0) is 15.6. The van der Waals surface area contributed by atoms with E-state index in [1.165, 1.54) is 0 Å². The van der Waals surface area contributed by atoms with E-state index in [1.807, 2.05) is 12.1 Å². The number of nitrogens with two attached hydrogens (primary N) is 1. The van der Waals surface area contributed by atoms with Crippen LogP contribution < -0.4 is 16.4 Å². The van der Waals surface area contributed by atoms with Crippen molar-refractivity contribution >= 4 is 23.0 Å². The minimum atomic E-state index is -0.00563. The van der Waals surface area contributed by atoms with Gasteiger partial charge >= 0.3 is 0 Å². The van der Waals surface area contributed by atoms with Gasteiger partial charge in [0.05, 0.1) is 11.4 Å². The fraction of sp³-hybridized carbons (Fsp3) is 0.562. The number of rotatable bonds is 4. The quantitative estimate of drug-likeness (QED) is 0.641. The molecule has 0 aromatic heterocycles. The van der Waals surface area contributed by atoms with Crippen molar-refractivity contribution in [3.8, 4) is 0 Å². The highest BCUT2D eigenvalue weighted by molar-refractivity contribution is 5.95. The predicted octanol–water partition coefficient (Wildman–Crippen LogP) is 2.36. The molecule has 1 heterocycles. The minimum Gasteiger partial charge on any atom is -0.397 e. The zero-order valence-electron chi connectivity index (χ0n) is 13.0. The second-order valence-electron chi connectivity index (χ2n) is 6.72. The molecule has 5 N–H and O–H groups in total. The van der Waals surface area contributed by atoms with Gasteiger partial charge in [-0.05, 0) is 36.0 Å². The Morgan fingerprint density at radius 1 is 1.38 bits per heavy atom. The standard InChI is InChI=1S/C16H25N3O2/c1-16(2,3)14(6-7-20)18-13-9-12-10(8-11(13)17)4-5-15(21)19-12/h8-9,14,18,20H,4-7,17H2,1-3H3,(H,19,21). The number of carbonyl (C=O) groups excluding carboxylic acids is 1. The Hall–Kier alpha value is -1.75. The lowest BCUT2D eigenvalue weighted by Crippen LogP contribution is -2.35. The molecule has 1 aliphatic rings. The molecule has 1 aliphatic heterocycles. The number of hydrogen-bond acceptors (Lipinski definition) is 4. The molecule has 0 aliphatic carbocycles. The molecule has 1 aromatic carbocycles. The maximum absolute atomic E-state index is 11.5. The monoisotopic (exact) mass is 291 g/mol. The molecule has 1 unspecified atom stereocenters. The maximum Gasteiger partial charge on any atom is 0.224 e. The summed E-state index contributed by atoms with van der Waals surface area (Å²) < 4.78 is 0. The first kappa shape index (κ1) is 15.6. The Labute approximate surface area is 125 Å². The smallest absolute Gasteiger partial charge is 0.224 e. The van der Waals surface area contributed by atoms with Crippen molar-refractivity contribution in [3.63, 3.8) is 0 Å². The number of hydrogen-bond donors (Lipinski definition) is 4. The number of fused-ring (bicyclic) bond motifs is 1. The summed E-state index contributed by atoms with van der Waals surface area (Å²) in [5, 5.41) is 15.6. The number of aliphatic hydroxyl groups is 1. The summed E-state index contributed by atoms with van der Waals surface area (Å²) in [6.45, 7) is 6.49. The van der Waals surface area contributed by atoms with E-state index in [1.54, 1.807) is 0 Å². The van der Waals surface area contributed by atoms with E-state index in [4.69, 9.17) is 5.73 Å². The van der Waals surface area contributed by atoms with E-state index in [9.17, 15) is 9.90 Å². The van der Waals surface area contributed by atoms with Gasteiger partial charge in [0.1, 0.15) is 0 Å². The van der Waals surface area contributed by atoms with Crippen molar-refractivity contribution in [2.45, 2.75) is 46.1 Å². The van der Waals surface area contributed by atoms with Crippen LogP contribution in [0.25, 0.3) is 0 Å². The zero-order valence-corrected chi connectivity index (χ0v) is 13.0. The van der Waals surface area contributed by atoms with E-state index in [0.717, 1.165) is 23.4 Å². The van der Waals surface area contributed by atoms with E-state index in [2.05, 4.69) is 31.4 Å². The van der Waals surface area contributed by atoms with Crippen molar-refractivity contribution in [3.05, 3.63) is 17.7 Å². The Kier molecular flexibility index (Phi) is 4.42. The van der Waals surface area contributed by atoms with E-state index < -0.39 is 0 Å². The van der Waals surface area contributed by atoms with Crippen LogP contribution in [-0.4, -0.2) is 23.7 Å². The van der Waals surface area contributed by atoms with Crippen molar-refractivity contribution < 1.29 is 9.90 Å². The highest BCUT2D eigenvalue weighted by atomic mass is 16.3. The summed E-state index contributed by atoms with van der Waals surface area (Å²) >= 11 is 0. The van der Waals surface area contributed by atoms with Gasteiger partial charge < -0.3 is 21.5 Å². The minimum absolute atomic E-state index is 0.00563. The van der Waals surface area contributed by atoms with Gasteiger partial charge in [-0.1, -0.05) is 20.8 Å². The molecule has 0 spiro atoms. The number of anilines is 3.